The monoisotopic (exact) mass is 290 g/mol. The van der Waals surface area contributed by atoms with Crippen LogP contribution in [0.1, 0.15) is 12.8 Å². The van der Waals surface area contributed by atoms with Gasteiger partial charge in [0.25, 0.3) is 5.69 Å². The molecule has 9 heteroatoms. The van der Waals surface area contributed by atoms with Crippen molar-refractivity contribution < 1.29 is 22.5 Å². The van der Waals surface area contributed by atoms with Gasteiger partial charge in [0.15, 0.2) is 11.6 Å². The molecule has 0 atom stereocenters. The second-order valence-electron chi connectivity index (χ2n) is 4.31. The van der Waals surface area contributed by atoms with E-state index in [4.69, 9.17) is 9.88 Å². The van der Waals surface area contributed by atoms with Crippen LogP contribution >= 0.6 is 0 Å². The summed E-state index contributed by atoms with van der Waals surface area (Å²) >= 11 is 0. The zero-order chi connectivity index (χ0) is 14.2. The number of hydrogen-bond acceptors (Lipinski definition) is 5. The van der Waals surface area contributed by atoms with Crippen molar-refractivity contribution in [2.75, 3.05) is 6.61 Å². The van der Waals surface area contributed by atoms with E-state index in [1.807, 2.05) is 0 Å². The van der Waals surface area contributed by atoms with Crippen molar-refractivity contribution >= 4 is 15.7 Å². The number of ether oxygens (including phenoxy) is 1. The Morgan fingerprint density at radius 3 is 2.58 bits per heavy atom. The highest BCUT2D eigenvalue weighted by Crippen LogP contribution is 2.34. The molecule has 0 aromatic heterocycles. The first-order valence-corrected chi connectivity index (χ1v) is 6.97. The molecule has 0 unspecified atom stereocenters. The van der Waals surface area contributed by atoms with Crippen LogP contribution in [0.2, 0.25) is 0 Å². The highest BCUT2D eigenvalue weighted by Gasteiger charge is 2.27. The number of primary sulfonamides is 1. The molecule has 0 bridgehead atoms. The fraction of sp³-hybridized carbons (Fsp3) is 0.400. The average Bonchev–Trinajstić information content (AvgIpc) is 3.08. The van der Waals surface area contributed by atoms with Crippen LogP contribution in [0.4, 0.5) is 10.1 Å². The molecule has 0 saturated heterocycles. The molecule has 0 aliphatic heterocycles. The van der Waals surface area contributed by atoms with Crippen molar-refractivity contribution in [3.05, 3.63) is 28.1 Å². The Kier molecular flexibility index (Phi) is 3.42. The van der Waals surface area contributed by atoms with E-state index in [0.29, 0.717) is 12.1 Å². The number of rotatable bonds is 5. The van der Waals surface area contributed by atoms with Gasteiger partial charge in [-0.25, -0.2) is 17.9 Å². The lowest BCUT2D eigenvalue weighted by atomic mass is 10.3. The fourth-order valence-electron chi connectivity index (χ4n) is 1.50. The van der Waals surface area contributed by atoms with Crippen molar-refractivity contribution in [2.24, 2.45) is 11.1 Å². The van der Waals surface area contributed by atoms with Gasteiger partial charge in [-0.2, -0.15) is 0 Å². The predicted octanol–water partition coefficient (Wildman–Crippen LogP) is 1.17. The summed E-state index contributed by atoms with van der Waals surface area (Å²) in [4.78, 5) is 8.97. The minimum Gasteiger partial charge on any atom is -0.489 e. The van der Waals surface area contributed by atoms with Gasteiger partial charge in [-0.1, -0.05) is 0 Å². The lowest BCUT2D eigenvalue weighted by molar-refractivity contribution is -0.385. The van der Waals surface area contributed by atoms with Gasteiger partial charge in [0.05, 0.1) is 17.6 Å². The highest BCUT2D eigenvalue weighted by molar-refractivity contribution is 7.89. The standard InChI is InChI=1S/C10H11FN2O5S/c11-8-3-7(13(14)15)4-9(19(12,16)17)10(8)18-5-6-1-2-6/h3-4,6H,1-2,5H2,(H2,12,16,17). The molecule has 0 spiro atoms. The van der Waals surface area contributed by atoms with Gasteiger partial charge < -0.3 is 4.74 Å². The number of sulfonamides is 1. The van der Waals surface area contributed by atoms with Crippen LogP contribution in [-0.2, 0) is 10.0 Å². The quantitative estimate of drug-likeness (QED) is 0.646. The first-order chi connectivity index (χ1) is 8.79. The number of non-ortho nitro benzene ring substituents is 1. The number of nitro benzene ring substituents is 1. The van der Waals surface area contributed by atoms with Crippen molar-refractivity contribution in [1.82, 2.24) is 0 Å². The first-order valence-electron chi connectivity index (χ1n) is 5.42. The van der Waals surface area contributed by atoms with Crippen LogP contribution in [0.5, 0.6) is 5.75 Å². The van der Waals surface area contributed by atoms with Gasteiger partial charge in [0, 0.05) is 6.07 Å². The molecule has 104 valence electrons. The third kappa shape index (κ3) is 3.18. The highest BCUT2D eigenvalue weighted by atomic mass is 32.2. The summed E-state index contributed by atoms with van der Waals surface area (Å²) in [5.74, 6) is -1.40. The summed E-state index contributed by atoms with van der Waals surface area (Å²) in [5.41, 5.74) is -0.694. The Morgan fingerprint density at radius 1 is 1.47 bits per heavy atom. The second kappa shape index (κ2) is 4.74. The predicted molar refractivity (Wildman–Crippen MR) is 62.6 cm³/mol. The molecule has 2 rings (SSSR count). The number of halogens is 1. The SMILES string of the molecule is NS(=O)(=O)c1cc([N+](=O)[O-])cc(F)c1OCC1CC1. The van der Waals surface area contributed by atoms with Crippen LogP contribution in [0.25, 0.3) is 0 Å². The number of hydrogen-bond donors (Lipinski definition) is 1. The van der Waals surface area contributed by atoms with Gasteiger partial charge in [0.1, 0.15) is 4.90 Å². The third-order valence-corrected chi connectivity index (χ3v) is 3.59. The molecule has 7 nitrogen and oxygen atoms in total. The Bertz CT molecular complexity index is 627. The van der Waals surface area contributed by atoms with Crippen LogP contribution < -0.4 is 9.88 Å². The molecule has 0 amide bonds. The molecule has 1 aromatic rings. The van der Waals surface area contributed by atoms with E-state index in [-0.39, 0.29) is 12.5 Å². The van der Waals surface area contributed by atoms with Crippen molar-refractivity contribution in [2.45, 2.75) is 17.7 Å². The molecule has 0 heterocycles. The van der Waals surface area contributed by atoms with Crippen molar-refractivity contribution in [3.63, 3.8) is 0 Å². The molecule has 1 saturated carbocycles. The maximum absolute atomic E-state index is 13.7. The maximum atomic E-state index is 13.7. The lowest BCUT2D eigenvalue weighted by Gasteiger charge is -2.10. The smallest absolute Gasteiger partial charge is 0.274 e. The van der Waals surface area contributed by atoms with E-state index in [2.05, 4.69) is 0 Å². The summed E-state index contributed by atoms with van der Waals surface area (Å²) in [6.07, 6.45) is 1.86. The third-order valence-electron chi connectivity index (χ3n) is 2.67. The van der Waals surface area contributed by atoms with E-state index in [1.54, 1.807) is 0 Å². The van der Waals surface area contributed by atoms with Crippen LogP contribution in [0.15, 0.2) is 17.0 Å². The molecular formula is C10H11FN2O5S. The van der Waals surface area contributed by atoms with Gasteiger partial charge in [-0.05, 0) is 18.8 Å². The minimum atomic E-state index is -4.31. The van der Waals surface area contributed by atoms with E-state index in [1.165, 1.54) is 0 Å². The molecule has 19 heavy (non-hydrogen) atoms. The molecule has 1 aliphatic carbocycles. The molecule has 1 aliphatic rings. The van der Waals surface area contributed by atoms with E-state index < -0.39 is 37.1 Å². The van der Waals surface area contributed by atoms with Crippen LogP contribution in [0.3, 0.4) is 0 Å². The molecule has 1 fully saturated rings. The summed E-state index contributed by atoms with van der Waals surface area (Å²) < 4.78 is 41.5. The Hall–Kier alpha value is -1.74. The maximum Gasteiger partial charge on any atom is 0.274 e. The summed E-state index contributed by atoms with van der Waals surface area (Å²) in [6.45, 7) is 0.164. The first kappa shape index (κ1) is 13.7. The van der Waals surface area contributed by atoms with Crippen LogP contribution in [0, 0.1) is 21.8 Å². The summed E-state index contributed by atoms with van der Waals surface area (Å²) in [7, 11) is -4.31. The molecule has 0 radical (unpaired) electrons. The minimum absolute atomic E-state index is 0.164. The zero-order valence-corrected chi connectivity index (χ0v) is 10.5. The number of nitro groups is 1. The second-order valence-corrected chi connectivity index (χ2v) is 5.84. The fourth-order valence-corrected chi connectivity index (χ4v) is 2.20. The Labute approximate surface area is 108 Å². The number of benzene rings is 1. The van der Waals surface area contributed by atoms with Gasteiger partial charge >= 0.3 is 0 Å². The van der Waals surface area contributed by atoms with Crippen molar-refractivity contribution in [3.8, 4) is 5.75 Å². The zero-order valence-electron chi connectivity index (χ0n) is 9.71. The van der Waals surface area contributed by atoms with E-state index in [9.17, 15) is 22.9 Å². The average molecular weight is 290 g/mol. The van der Waals surface area contributed by atoms with Gasteiger partial charge in [-0.3, -0.25) is 10.1 Å². The Balaban J connectivity index is 2.46. The molecule has 1 aromatic carbocycles. The normalized spacial score (nSPS) is 15.3. The number of nitrogens with zero attached hydrogens (tertiary/aromatic N) is 1. The molecule has 2 N–H and O–H groups in total. The number of nitrogens with two attached hydrogens (primary N) is 1. The summed E-state index contributed by atoms with van der Waals surface area (Å²) in [5, 5.41) is 15.5. The summed E-state index contributed by atoms with van der Waals surface area (Å²) in [6, 6.07) is 1.30. The van der Waals surface area contributed by atoms with Crippen LogP contribution in [-0.4, -0.2) is 19.9 Å². The van der Waals surface area contributed by atoms with Gasteiger partial charge in [-0.15, -0.1) is 0 Å². The largest absolute Gasteiger partial charge is 0.489 e. The topological polar surface area (TPSA) is 113 Å². The lowest BCUT2D eigenvalue weighted by Crippen LogP contribution is -2.16. The van der Waals surface area contributed by atoms with E-state index in [0.717, 1.165) is 12.8 Å². The molecular weight excluding hydrogens is 279 g/mol. The van der Waals surface area contributed by atoms with Gasteiger partial charge in [0.2, 0.25) is 10.0 Å². The Morgan fingerprint density at radius 2 is 2.11 bits per heavy atom. The van der Waals surface area contributed by atoms with Crippen molar-refractivity contribution in [1.29, 1.82) is 0 Å². The van der Waals surface area contributed by atoms with E-state index >= 15 is 0 Å².